The molecule has 0 radical (unpaired) electrons. The number of rotatable bonds is 8. The summed E-state index contributed by atoms with van der Waals surface area (Å²) in [6, 6.07) is 13.8. The molecule has 6 rings (SSSR count). The summed E-state index contributed by atoms with van der Waals surface area (Å²) in [6.45, 7) is 8.39. The number of benzene rings is 2. The van der Waals surface area contributed by atoms with Crippen molar-refractivity contribution in [2.24, 2.45) is 23.0 Å². The Morgan fingerprint density at radius 3 is 2.39 bits per heavy atom. The average molecular weight is 521 g/mol. The average Bonchev–Trinajstić information content (AvgIpc) is 3.25. The molecule has 0 aromatic heterocycles. The lowest BCUT2D eigenvalue weighted by Gasteiger charge is -2.64. The molecule has 4 N–H and O–H groups in total. The molecule has 2 bridgehead atoms. The Balaban J connectivity index is 1.25. The van der Waals surface area contributed by atoms with Gasteiger partial charge in [-0.25, -0.2) is 4.39 Å². The van der Waals surface area contributed by atoms with Crippen molar-refractivity contribution in [3.05, 3.63) is 71.5 Å². The fourth-order valence-electron chi connectivity index (χ4n) is 6.64. The van der Waals surface area contributed by atoms with Crippen LogP contribution in [0.3, 0.4) is 0 Å². The molecular weight excluding hydrogens is 484 g/mol. The van der Waals surface area contributed by atoms with Gasteiger partial charge in [0.1, 0.15) is 11.9 Å². The zero-order chi connectivity index (χ0) is 27.2. The second-order valence-corrected chi connectivity index (χ2v) is 11.9. The minimum atomic E-state index is -0.875. The molecule has 0 spiro atoms. The first-order valence-electron chi connectivity index (χ1n) is 13.5. The molecule has 7 atom stereocenters. The molecule has 202 valence electrons. The van der Waals surface area contributed by atoms with Gasteiger partial charge in [-0.3, -0.25) is 9.59 Å². The van der Waals surface area contributed by atoms with E-state index in [9.17, 15) is 14.0 Å². The highest BCUT2D eigenvalue weighted by atomic mass is 19.1. The van der Waals surface area contributed by atoms with Crippen LogP contribution in [0, 0.1) is 23.1 Å². The zero-order valence-corrected chi connectivity index (χ0v) is 22.4. The topological polar surface area (TPSA) is 103 Å². The number of nitrogens with two attached hydrogens (primary N) is 1. The van der Waals surface area contributed by atoms with E-state index in [1.54, 1.807) is 19.1 Å². The lowest BCUT2D eigenvalue weighted by Crippen LogP contribution is -2.65. The van der Waals surface area contributed by atoms with E-state index in [4.69, 9.17) is 15.0 Å². The summed E-state index contributed by atoms with van der Waals surface area (Å²) in [4.78, 5) is 26.0. The summed E-state index contributed by atoms with van der Waals surface area (Å²) in [5.74, 6) is -0.697. The van der Waals surface area contributed by atoms with E-state index < -0.39 is 36.7 Å². The second kappa shape index (κ2) is 10.1. The van der Waals surface area contributed by atoms with E-state index in [0.717, 1.165) is 24.0 Å². The van der Waals surface area contributed by atoms with E-state index in [1.807, 2.05) is 30.3 Å². The van der Waals surface area contributed by atoms with Gasteiger partial charge in [-0.2, -0.15) is 0 Å². The van der Waals surface area contributed by atoms with Crippen LogP contribution in [0.2, 0.25) is 0 Å². The van der Waals surface area contributed by atoms with Crippen LogP contribution in [0.15, 0.2) is 54.6 Å². The fourth-order valence-corrected chi connectivity index (χ4v) is 6.64. The first-order valence-corrected chi connectivity index (χ1v) is 13.5. The Morgan fingerprint density at radius 1 is 1.05 bits per heavy atom. The predicted octanol–water partition coefficient (Wildman–Crippen LogP) is 3.33. The Hall–Kier alpha value is -2.75. The Bertz CT molecular complexity index is 1180. The molecule has 1 heterocycles. The minimum Gasteiger partial charge on any atom is -0.404 e. The Kier molecular flexibility index (Phi) is 7.13. The summed E-state index contributed by atoms with van der Waals surface area (Å²) >= 11 is 0. The van der Waals surface area contributed by atoms with Crippen LogP contribution < -0.4 is 16.4 Å². The van der Waals surface area contributed by atoms with Gasteiger partial charge in [0, 0.05) is 0 Å². The largest absolute Gasteiger partial charge is 0.486 e. The highest BCUT2D eigenvalue weighted by Crippen LogP contribution is 2.66. The maximum Gasteiger partial charge on any atom is 0.486 e. The lowest BCUT2D eigenvalue weighted by atomic mass is 9.43. The summed E-state index contributed by atoms with van der Waals surface area (Å²) in [5.41, 5.74) is 7.47. The lowest BCUT2D eigenvalue weighted by molar-refractivity contribution is -0.199. The SMILES string of the molecule is C[C@H](NC(=O)[C@H](N)Cc1ccc(F)cc1)C(=O)N[C@H](B1O[C@H]2C[C@H]3C[C@H](C3(C)C)[C@@]2(C)O1)c1ccccc1. The van der Waals surface area contributed by atoms with Crippen LogP contribution in [0.25, 0.3) is 0 Å². The molecule has 7 nitrogen and oxygen atoms in total. The minimum absolute atomic E-state index is 0.0195. The molecule has 4 fully saturated rings. The highest BCUT2D eigenvalue weighted by Gasteiger charge is 2.68. The number of halogens is 1. The van der Waals surface area contributed by atoms with Gasteiger partial charge < -0.3 is 25.7 Å². The van der Waals surface area contributed by atoms with Crippen molar-refractivity contribution in [1.82, 2.24) is 10.6 Å². The van der Waals surface area contributed by atoms with E-state index in [0.29, 0.717) is 11.8 Å². The van der Waals surface area contributed by atoms with Crippen molar-refractivity contribution in [1.29, 1.82) is 0 Å². The quantitative estimate of drug-likeness (QED) is 0.463. The third kappa shape index (κ3) is 4.87. The van der Waals surface area contributed by atoms with Gasteiger partial charge in [0.15, 0.2) is 0 Å². The summed E-state index contributed by atoms with van der Waals surface area (Å²) < 4.78 is 26.3. The molecule has 9 heteroatoms. The molecule has 0 unspecified atom stereocenters. The molecule has 38 heavy (non-hydrogen) atoms. The summed E-state index contributed by atoms with van der Waals surface area (Å²) in [5, 5.41) is 5.77. The van der Waals surface area contributed by atoms with Gasteiger partial charge in [-0.05, 0) is 73.6 Å². The molecule has 3 saturated carbocycles. The van der Waals surface area contributed by atoms with Crippen molar-refractivity contribution in [2.45, 2.75) is 76.7 Å². The summed E-state index contributed by atoms with van der Waals surface area (Å²) in [6.07, 6.45) is 2.30. The third-order valence-corrected chi connectivity index (χ3v) is 9.16. The van der Waals surface area contributed by atoms with Crippen LogP contribution >= 0.6 is 0 Å². The molecule has 4 aliphatic rings. The van der Waals surface area contributed by atoms with Gasteiger partial charge in [0.05, 0.1) is 23.7 Å². The smallest absolute Gasteiger partial charge is 0.404 e. The van der Waals surface area contributed by atoms with Gasteiger partial charge in [-0.15, -0.1) is 0 Å². The van der Waals surface area contributed by atoms with Crippen molar-refractivity contribution in [3.8, 4) is 0 Å². The van der Waals surface area contributed by atoms with E-state index >= 15 is 0 Å². The van der Waals surface area contributed by atoms with Gasteiger partial charge in [0.2, 0.25) is 11.8 Å². The molecule has 3 aliphatic carbocycles. The molecule has 2 amide bonds. The van der Waals surface area contributed by atoms with Gasteiger partial charge in [0.25, 0.3) is 0 Å². The van der Waals surface area contributed by atoms with Crippen molar-refractivity contribution in [2.75, 3.05) is 0 Å². The molecule has 1 saturated heterocycles. The van der Waals surface area contributed by atoms with Crippen LogP contribution in [0.1, 0.15) is 57.6 Å². The van der Waals surface area contributed by atoms with Gasteiger partial charge >= 0.3 is 7.12 Å². The molecule has 2 aromatic carbocycles. The number of carbonyl (C=O) groups is 2. The van der Waals surface area contributed by atoms with Crippen LogP contribution in [0.5, 0.6) is 0 Å². The van der Waals surface area contributed by atoms with E-state index in [2.05, 4.69) is 31.4 Å². The zero-order valence-electron chi connectivity index (χ0n) is 22.4. The van der Waals surface area contributed by atoms with Crippen molar-refractivity contribution in [3.63, 3.8) is 0 Å². The maximum absolute atomic E-state index is 13.3. The standard InChI is InChI=1S/C29H37BFN3O4/c1-17(33-27(36)22(32)14-18-10-12-21(31)13-11-18)26(35)34-25(19-8-6-5-7-9-19)30-37-24-16-20-15-23(28(20,2)3)29(24,4)38-30/h5-13,17,20,22-25H,14-16,32H2,1-4H3,(H,33,36)(H,34,35)/t17-,20+,22+,23+,24-,25-,29+/m0/s1. The van der Waals surface area contributed by atoms with Gasteiger partial charge in [-0.1, -0.05) is 56.3 Å². The Labute approximate surface area is 224 Å². The first-order chi connectivity index (χ1) is 18.0. The molecule has 1 aliphatic heterocycles. The Morgan fingerprint density at radius 2 is 1.74 bits per heavy atom. The highest BCUT2D eigenvalue weighted by molar-refractivity contribution is 6.47. The summed E-state index contributed by atoms with van der Waals surface area (Å²) in [7, 11) is -0.643. The fraction of sp³-hybridized carbons (Fsp3) is 0.517. The van der Waals surface area contributed by atoms with E-state index in [-0.39, 0.29) is 29.7 Å². The number of amides is 2. The van der Waals surface area contributed by atoms with E-state index in [1.165, 1.54) is 12.1 Å². The number of carbonyl (C=O) groups excluding carboxylic acids is 2. The van der Waals surface area contributed by atoms with Crippen LogP contribution in [-0.2, 0) is 25.3 Å². The third-order valence-electron chi connectivity index (χ3n) is 9.16. The predicted molar refractivity (Wildman–Crippen MR) is 143 cm³/mol. The van der Waals surface area contributed by atoms with Crippen LogP contribution in [0.4, 0.5) is 4.39 Å². The van der Waals surface area contributed by atoms with Crippen LogP contribution in [-0.4, -0.2) is 42.7 Å². The normalized spacial score (nSPS) is 29.4. The monoisotopic (exact) mass is 521 g/mol. The van der Waals surface area contributed by atoms with Crippen molar-refractivity contribution >= 4 is 18.9 Å². The number of nitrogens with one attached hydrogen (secondary N) is 2. The second-order valence-electron chi connectivity index (χ2n) is 11.9. The first kappa shape index (κ1) is 26.8. The maximum atomic E-state index is 13.3. The molecular formula is C29H37BFN3O4. The molecule has 2 aromatic rings. The number of hydrogen-bond acceptors (Lipinski definition) is 5. The number of hydrogen-bond donors (Lipinski definition) is 3. The van der Waals surface area contributed by atoms with Crippen molar-refractivity contribution < 1.29 is 23.3 Å².